The van der Waals surface area contributed by atoms with E-state index in [2.05, 4.69) is 22.1 Å². The van der Waals surface area contributed by atoms with Gasteiger partial charge in [-0.25, -0.2) is 0 Å². The molecule has 5 rings (SSSR count). The standard InChI is InChI=1S/C27H22N4O4S/c1-2-16-36-27-30-29-24(35-27)18-10-3-4-13-21(18)28-22(32)14-7-15-31-25(33)19-11-5-8-17-9-6-12-20(23(17)19)26(31)34/h2-6,8-13H,1,7,14-16H2,(H,28,32). The number of carbonyl (C=O) groups excluding carboxylic acids is 3. The average molecular weight is 499 g/mol. The number of hydrogen-bond donors (Lipinski definition) is 1. The Morgan fingerprint density at radius 3 is 2.39 bits per heavy atom. The quantitative estimate of drug-likeness (QED) is 0.192. The lowest BCUT2D eigenvalue weighted by molar-refractivity contribution is -0.116. The topological polar surface area (TPSA) is 105 Å². The largest absolute Gasteiger partial charge is 0.411 e. The maximum Gasteiger partial charge on any atom is 0.277 e. The van der Waals surface area contributed by atoms with Gasteiger partial charge in [-0.2, -0.15) is 0 Å². The number of amides is 3. The first-order valence-electron chi connectivity index (χ1n) is 11.4. The SMILES string of the molecule is C=CCSc1nnc(-c2ccccc2NC(=O)CCCN2C(=O)c3cccc4cccc(c34)C2=O)o1. The number of aromatic nitrogens is 2. The van der Waals surface area contributed by atoms with Crippen molar-refractivity contribution in [2.45, 2.75) is 18.1 Å². The van der Waals surface area contributed by atoms with Crippen LogP contribution in [0.2, 0.25) is 0 Å². The summed E-state index contributed by atoms with van der Waals surface area (Å²) in [6, 6.07) is 18.0. The van der Waals surface area contributed by atoms with Crippen LogP contribution in [0.4, 0.5) is 5.69 Å². The number of rotatable bonds is 9. The molecule has 0 spiro atoms. The van der Waals surface area contributed by atoms with Gasteiger partial charge in [0.2, 0.25) is 5.91 Å². The van der Waals surface area contributed by atoms with E-state index in [-0.39, 0.29) is 30.7 Å². The predicted molar refractivity (Wildman–Crippen MR) is 138 cm³/mol. The Balaban J connectivity index is 1.23. The third kappa shape index (κ3) is 4.52. The first kappa shape index (κ1) is 23.5. The number of carbonyl (C=O) groups is 3. The van der Waals surface area contributed by atoms with E-state index in [1.54, 1.807) is 36.4 Å². The Hall–Kier alpha value is -4.24. The zero-order valence-electron chi connectivity index (χ0n) is 19.3. The van der Waals surface area contributed by atoms with Crippen molar-refractivity contribution in [1.29, 1.82) is 0 Å². The average Bonchev–Trinajstić information content (AvgIpc) is 3.37. The highest BCUT2D eigenvalue weighted by Gasteiger charge is 2.32. The van der Waals surface area contributed by atoms with Crippen molar-refractivity contribution >= 4 is 45.9 Å². The van der Waals surface area contributed by atoms with Crippen molar-refractivity contribution in [3.63, 3.8) is 0 Å². The molecule has 3 amide bonds. The lowest BCUT2D eigenvalue weighted by atomic mass is 9.94. The molecule has 0 unspecified atom stereocenters. The maximum atomic E-state index is 13.0. The minimum absolute atomic E-state index is 0.126. The van der Waals surface area contributed by atoms with Crippen LogP contribution in [0.1, 0.15) is 33.6 Å². The molecule has 1 aromatic heterocycles. The van der Waals surface area contributed by atoms with Crippen LogP contribution in [0.15, 0.2) is 83.0 Å². The van der Waals surface area contributed by atoms with Crippen LogP contribution in [0.5, 0.6) is 0 Å². The lowest BCUT2D eigenvalue weighted by Crippen LogP contribution is -2.41. The molecule has 36 heavy (non-hydrogen) atoms. The molecule has 0 fully saturated rings. The van der Waals surface area contributed by atoms with Gasteiger partial charge in [0.1, 0.15) is 0 Å². The number of nitrogens with one attached hydrogen (secondary N) is 1. The zero-order valence-corrected chi connectivity index (χ0v) is 20.1. The van der Waals surface area contributed by atoms with E-state index in [0.717, 1.165) is 5.39 Å². The van der Waals surface area contributed by atoms with Crippen LogP contribution in [-0.4, -0.2) is 45.1 Å². The fraction of sp³-hybridized carbons (Fsp3) is 0.148. The first-order chi connectivity index (χ1) is 17.6. The normalized spacial score (nSPS) is 12.7. The second-order valence-electron chi connectivity index (χ2n) is 8.14. The van der Waals surface area contributed by atoms with Crippen molar-refractivity contribution in [2.75, 3.05) is 17.6 Å². The Kier molecular flexibility index (Phi) is 6.64. The molecule has 3 aromatic carbocycles. The summed E-state index contributed by atoms with van der Waals surface area (Å²) in [5.74, 6) is 0.0218. The Morgan fingerprint density at radius 1 is 0.972 bits per heavy atom. The highest BCUT2D eigenvalue weighted by molar-refractivity contribution is 7.99. The van der Waals surface area contributed by atoms with Gasteiger partial charge in [-0.3, -0.25) is 19.3 Å². The summed E-state index contributed by atoms with van der Waals surface area (Å²) in [5, 5.41) is 12.9. The predicted octanol–water partition coefficient (Wildman–Crippen LogP) is 5.18. The van der Waals surface area contributed by atoms with Gasteiger partial charge in [-0.1, -0.05) is 54.2 Å². The third-order valence-corrected chi connectivity index (χ3v) is 6.62. The monoisotopic (exact) mass is 498 g/mol. The highest BCUT2D eigenvalue weighted by Crippen LogP contribution is 2.31. The number of para-hydroxylation sites is 1. The Morgan fingerprint density at radius 2 is 1.67 bits per heavy atom. The van der Waals surface area contributed by atoms with E-state index in [4.69, 9.17) is 4.42 Å². The van der Waals surface area contributed by atoms with E-state index in [0.29, 0.717) is 51.1 Å². The smallest absolute Gasteiger partial charge is 0.277 e. The molecule has 0 atom stereocenters. The third-order valence-electron chi connectivity index (χ3n) is 5.80. The van der Waals surface area contributed by atoms with Crippen molar-refractivity contribution in [3.8, 4) is 11.5 Å². The Labute approximate surface area is 211 Å². The fourth-order valence-electron chi connectivity index (χ4n) is 4.18. The van der Waals surface area contributed by atoms with Crippen LogP contribution in [0, 0.1) is 0 Å². The molecular weight excluding hydrogens is 476 g/mol. The summed E-state index contributed by atoms with van der Waals surface area (Å²) in [5.41, 5.74) is 2.16. The minimum Gasteiger partial charge on any atom is -0.411 e. The van der Waals surface area contributed by atoms with Crippen molar-refractivity contribution in [2.24, 2.45) is 0 Å². The first-order valence-corrected chi connectivity index (χ1v) is 12.4. The van der Waals surface area contributed by atoms with Crippen LogP contribution >= 0.6 is 11.8 Å². The number of anilines is 1. The second kappa shape index (κ2) is 10.2. The molecule has 4 aromatic rings. The van der Waals surface area contributed by atoms with Gasteiger partial charge in [-0.05, 0) is 36.1 Å². The van der Waals surface area contributed by atoms with Crippen molar-refractivity contribution in [3.05, 3.63) is 84.4 Å². The molecular formula is C27H22N4O4S. The van der Waals surface area contributed by atoms with Gasteiger partial charge in [0, 0.05) is 35.2 Å². The van der Waals surface area contributed by atoms with E-state index in [9.17, 15) is 14.4 Å². The molecule has 0 saturated heterocycles. The van der Waals surface area contributed by atoms with E-state index < -0.39 is 0 Å². The van der Waals surface area contributed by atoms with Gasteiger partial charge in [-0.15, -0.1) is 16.8 Å². The number of nitrogens with zero attached hydrogens (tertiary/aromatic N) is 3. The molecule has 8 nitrogen and oxygen atoms in total. The summed E-state index contributed by atoms with van der Waals surface area (Å²) < 4.78 is 5.69. The van der Waals surface area contributed by atoms with Crippen molar-refractivity contribution in [1.82, 2.24) is 15.1 Å². The van der Waals surface area contributed by atoms with E-state index >= 15 is 0 Å². The molecule has 2 heterocycles. The molecule has 1 aliphatic heterocycles. The van der Waals surface area contributed by atoms with E-state index in [1.807, 2.05) is 30.3 Å². The molecule has 0 radical (unpaired) electrons. The summed E-state index contributed by atoms with van der Waals surface area (Å²) in [4.78, 5) is 40.0. The lowest BCUT2D eigenvalue weighted by Gasteiger charge is -2.27. The Bertz CT molecular complexity index is 1450. The molecule has 1 N–H and O–H groups in total. The van der Waals surface area contributed by atoms with Gasteiger partial charge >= 0.3 is 0 Å². The molecule has 0 bridgehead atoms. The van der Waals surface area contributed by atoms with Crippen LogP contribution in [0.25, 0.3) is 22.2 Å². The molecule has 0 aliphatic carbocycles. The van der Waals surface area contributed by atoms with E-state index in [1.165, 1.54) is 16.7 Å². The molecule has 1 aliphatic rings. The minimum atomic E-state index is -0.337. The number of imide groups is 1. The van der Waals surface area contributed by atoms with Gasteiger partial charge in [0.25, 0.3) is 22.9 Å². The number of hydrogen-bond acceptors (Lipinski definition) is 7. The summed E-state index contributed by atoms with van der Waals surface area (Å²) >= 11 is 1.37. The number of thioether (sulfide) groups is 1. The summed E-state index contributed by atoms with van der Waals surface area (Å²) in [6.07, 6.45) is 2.20. The van der Waals surface area contributed by atoms with Crippen LogP contribution in [-0.2, 0) is 4.79 Å². The highest BCUT2D eigenvalue weighted by atomic mass is 32.2. The molecule has 9 heteroatoms. The fourth-order valence-corrected chi connectivity index (χ4v) is 4.68. The molecule has 0 saturated carbocycles. The van der Waals surface area contributed by atoms with Gasteiger partial charge in [0.15, 0.2) is 0 Å². The maximum absolute atomic E-state index is 13.0. The van der Waals surface area contributed by atoms with Gasteiger partial charge in [0.05, 0.1) is 11.3 Å². The summed E-state index contributed by atoms with van der Waals surface area (Å²) in [6.45, 7) is 3.81. The van der Waals surface area contributed by atoms with Crippen molar-refractivity contribution < 1.29 is 18.8 Å². The zero-order chi connectivity index (χ0) is 25.1. The van der Waals surface area contributed by atoms with Crippen LogP contribution < -0.4 is 5.32 Å². The number of benzene rings is 3. The second-order valence-corrected chi connectivity index (χ2v) is 9.11. The van der Waals surface area contributed by atoms with Gasteiger partial charge < -0.3 is 9.73 Å². The summed E-state index contributed by atoms with van der Waals surface area (Å²) in [7, 11) is 0. The van der Waals surface area contributed by atoms with Crippen LogP contribution in [0.3, 0.4) is 0 Å². The molecule has 180 valence electrons.